The number of thiazole rings is 1. The molecule has 1 aliphatic rings. The van der Waals surface area contributed by atoms with Crippen LogP contribution in [0.2, 0.25) is 0 Å². The number of anilines is 1. The Balaban J connectivity index is 1.55. The van der Waals surface area contributed by atoms with Gasteiger partial charge in [-0.3, -0.25) is 9.78 Å². The zero-order valence-electron chi connectivity index (χ0n) is 11.6. The lowest BCUT2D eigenvalue weighted by Gasteiger charge is -2.33. The molecule has 1 unspecified atom stereocenters. The summed E-state index contributed by atoms with van der Waals surface area (Å²) in [5.41, 5.74) is 1.75. The first-order chi connectivity index (χ1) is 10.3. The molecular formula is C14H17N5OS. The minimum atomic E-state index is 0.0604. The lowest BCUT2D eigenvalue weighted by atomic mass is 10.1. The molecule has 1 amide bonds. The fourth-order valence-electron chi connectivity index (χ4n) is 2.53. The van der Waals surface area contributed by atoms with Gasteiger partial charge in [-0.15, -0.1) is 16.4 Å². The van der Waals surface area contributed by atoms with Crippen LogP contribution in [0, 0.1) is 0 Å². The molecule has 1 fully saturated rings. The van der Waals surface area contributed by atoms with Gasteiger partial charge >= 0.3 is 0 Å². The Morgan fingerprint density at radius 1 is 1.52 bits per heavy atom. The first-order valence-corrected chi connectivity index (χ1v) is 7.88. The largest absolute Gasteiger partial charge is 0.353 e. The Morgan fingerprint density at radius 2 is 2.48 bits per heavy atom. The number of nitrogens with one attached hydrogen (secondary N) is 1. The van der Waals surface area contributed by atoms with Crippen molar-refractivity contribution in [2.24, 2.45) is 0 Å². The SMILES string of the molecule is O=C(Cc1cncs1)NC1CCCN(c2cccnn2)C1. The van der Waals surface area contributed by atoms with E-state index in [2.05, 4.69) is 25.4 Å². The van der Waals surface area contributed by atoms with Crippen molar-refractivity contribution in [2.75, 3.05) is 18.0 Å². The van der Waals surface area contributed by atoms with Gasteiger partial charge in [-0.2, -0.15) is 5.10 Å². The van der Waals surface area contributed by atoms with E-state index in [-0.39, 0.29) is 11.9 Å². The maximum atomic E-state index is 12.0. The van der Waals surface area contributed by atoms with Gasteiger partial charge in [0, 0.05) is 36.4 Å². The smallest absolute Gasteiger partial charge is 0.225 e. The van der Waals surface area contributed by atoms with Gasteiger partial charge in [-0.1, -0.05) is 0 Å². The summed E-state index contributed by atoms with van der Waals surface area (Å²) in [7, 11) is 0. The molecule has 1 N–H and O–H groups in total. The van der Waals surface area contributed by atoms with Crippen LogP contribution in [0.1, 0.15) is 17.7 Å². The maximum Gasteiger partial charge on any atom is 0.225 e. The van der Waals surface area contributed by atoms with Gasteiger partial charge in [0.2, 0.25) is 5.91 Å². The summed E-state index contributed by atoms with van der Waals surface area (Å²) >= 11 is 1.51. The van der Waals surface area contributed by atoms with Crippen LogP contribution in [0.3, 0.4) is 0 Å². The average Bonchev–Trinajstić information content (AvgIpc) is 3.01. The molecule has 21 heavy (non-hydrogen) atoms. The number of piperidine rings is 1. The van der Waals surface area contributed by atoms with E-state index in [4.69, 9.17) is 0 Å². The first-order valence-electron chi connectivity index (χ1n) is 7.00. The molecule has 0 radical (unpaired) electrons. The lowest BCUT2D eigenvalue weighted by Crippen LogP contribution is -2.48. The summed E-state index contributed by atoms with van der Waals surface area (Å²) in [6.07, 6.45) is 5.87. The molecule has 0 saturated carbocycles. The van der Waals surface area contributed by atoms with E-state index in [0.717, 1.165) is 36.6 Å². The number of carbonyl (C=O) groups is 1. The Bertz CT molecular complexity index is 574. The van der Waals surface area contributed by atoms with Crippen LogP contribution in [-0.2, 0) is 11.2 Å². The van der Waals surface area contributed by atoms with Crippen molar-refractivity contribution in [1.82, 2.24) is 20.5 Å². The van der Waals surface area contributed by atoms with Crippen molar-refractivity contribution >= 4 is 23.1 Å². The number of amides is 1. The van der Waals surface area contributed by atoms with Crippen molar-refractivity contribution in [3.63, 3.8) is 0 Å². The van der Waals surface area contributed by atoms with E-state index in [1.807, 2.05) is 12.1 Å². The van der Waals surface area contributed by atoms with Crippen molar-refractivity contribution in [2.45, 2.75) is 25.3 Å². The highest BCUT2D eigenvalue weighted by molar-refractivity contribution is 7.09. The monoisotopic (exact) mass is 303 g/mol. The quantitative estimate of drug-likeness (QED) is 0.921. The number of hydrogen-bond donors (Lipinski definition) is 1. The first kappa shape index (κ1) is 13.9. The third-order valence-corrected chi connectivity index (χ3v) is 4.27. The van der Waals surface area contributed by atoms with Crippen LogP contribution >= 0.6 is 11.3 Å². The molecule has 0 bridgehead atoms. The Labute approximate surface area is 127 Å². The molecule has 0 aromatic carbocycles. The van der Waals surface area contributed by atoms with E-state index >= 15 is 0 Å². The van der Waals surface area contributed by atoms with Crippen LogP contribution in [0.25, 0.3) is 0 Å². The highest BCUT2D eigenvalue weighted by atomic mass is 32.1. The predicted molar refractivity (Wildman–Crippen MR) is 81.2 cm³/mol. The number of aromatic nitrogens is 3. The molecule has 2 aromatic heterocycles. The minimum Gasteiger partial charge on any atom is -0.353 e. The molecule has 0 aliphatic carbocycles. The molecule has 6 nitrogen and oxygen atoms in total. The second-order valence-electron chi connectivity index (χ2n) is 5.08. The number of rotatable bonds is 4. The third kappa shape index (κ3) is 3.75. The molecular weight excluding hydrogens is 286 g/mol. The van der Waals surface area contributed by atoms with E-state index in [0.29, 0.717) is 6.42 Å². The van der Waals surface area contributed by atoms with Gasteiger partial charge in [0.25, 0.3) is 0 Å². The summed E-state index contributed by atoms with van der Waals surface area (Å²) in [4.78, 5) is 19.2. The molecule has 2 aromatic rings. The lowest BCUT2D eigenvalue weighted by molar-refractivity contribution is -0.121. The van der Waals surface area contributed by atoms with Crippen LogP contribution in [0.4, 0.5) is 5.82 Å². The van der Waals surface area contributed by atoms with Gasteiger partial charge in [-0.25, -0.2) is 0 Å². The highest BCUT2D eigenvalue weighted by Gasteiger charge is 2.22. The van der Waals surface area contributed by atoms with Crippen LogP contribution in [-0.4, -0.2) is 40.2 Å². The zero-order chi connectivity index (χ0) is 14.5. The summed E-state index contributed by atoms with van der Waals surface area (Å²) in [6, 6.07) is 4.00. The molecule has 110 valence electrons. The van der Waals surface area contributed by atoms with E-state index in [1.165, 1.54) is 11.3 Å². The van der Waals surface area contributed by atoms with Gasteiger partial charge in [0.1, 0.15) is 0 Å². The molecule has 0 spiro atoms. The Hall–Kier alpha value is -2.02. The summed E-state index contributed by atoms with van der Waals surface area (Å²) in [5.74, 6) is 0.934. The molecule has 3 rings (SSSR count). The standard InChI is InChI=1S/C14H17N5OS/c20-14(7-12-8-15-10-21-12)17-11-3-2-6-19(9-11)13-4-1-5-16-18-13/h1,4-5,8,10-11H,2-3,6-7,9H2,(H,17,20). The molecule has 1 aliphatic heterocycles. The predicted octanol–water partition coefficient (Wildman–Crippen LogP) is 1.26. The molecule has 1 atom stereocenters. The summed E-state index contributed by atoms with van der Waals surface area (Å²) in [6.45, 7) is 1.74. The topological polar surface area (TPSA) is 71.0 Å². The van der Waals surface area contributed by atoms with Crippen LogP contribution < -0.4 is 10.2 Å². The van der Waals surface area contributed by atoms with Gasteiger partial charge in [0.15, 0.2) is 5.82 Å². The zero-order valence-corrected chi connectivity index (χ0v) is 12.4. The van der Waals surface area contributed by atoms with Crippen LogP contribution in [0.5, 0.6) is 0 Å². The fraction of sp³-hybridized carbons (Fsp3) is 0.429. The van der Waals surface area contributed by atoms with Crippen LogP contribution in [0.15, 0.2) is 30.0 Å². The molecule has 1 saturated heterocycles. The van der Waals surface area contributed by atoms with Gasteiger partial charge < -0.3 is 10.2 Å². The second kappa shape index (κ2) is 6.62. The summed E-state index contributed by atoms with van der Waals surface area (Å²) in [5, 5.41) is 11.2. The highest BCUT2D eigenvalue weighted by Crippen LogP contribution is 2.17. The van der Waals surface area contributed by atoms with Crippen molar-refractivity contribution < 1.29 is 4.79 Å². The normalized spacial score (nSPS) is 18.5. The third-order valence-electron chi connectivity index (χ3n) is 3.49. The van der Waals surface area contributed by atoms with E-state index in [9.17, 15) is 4.79 Å². The maximum absolute atomic E-state index is 12.0. The summed E-state index contributed by atoms with van der Waals surface area (Å²) < 4.78 is 0. The van der Waals surface area contributed by atoms with E-state index in [1.54, 1.807) is 17.9 Å². The van der Waals surface area contributed by atoms with Crippen molar-refractivity contribution in [3.05, 3.63) is 34.9 Å². The number of carbonyl (C=O) groups excluding carboxylic acids is 1. The van der Waals surface area contributed by atoms with E-state index < -0.39 is 0 Å². The second-order valence-corrected chi connectivity index (χ2v) is 6.05. The van der Waals surface area contributed by atoms with Gasteiger partial charge in [0.05, 0.1) is 11.9 Å². The fourth-order valence-corrected chi connectivity index (χ4v) is 3.12. The van der Waals surface area contributed by atoms with Crippen molar-refractivity contribution in [3.8, 4) is 0 Å². The Kier molecular flexibility index (Phi) is 4.40. The molecule has 7 heteroatoms. The van der Waals surface area contributed by atoms with Gasteiger partial charge in [-0.05, 0) is 25.0 Å². The molecule has 3 heterocycles. The number of hydrogen-bond acceptors (Lipinski definition) is 6. The number of nitrogens with zero attached hydrogens (tertiary/aromatic N) is 4. The Morgan fingerprint density at radius 3 is 3.24 bits per heavy atom. The average molecular weight is 303 g/mol. The van der Waals surface area contributed by atoms with Crippen molar-refractivity contribution in [1.29, 1.82) is 0 Å². The minimum absolute atomic E-state index is 0.0604.